The van der Waals surface area contributed by atoms with Gasteiger partial charge in [-0.3, -0.25) is 0 Å². The quantitative estimate of drug-likeness (QED) is 0.440. The molecule has 0 unspecified atom stereocenters. The van der Waals surface area contributed by atoms with Crippen LogP contribution in [0.2, 0.25) is 0 Å². The molecule has 0 atom stereocenters. The van der Waals surface area contributed by atoms with Gasteiger partial charge < -0.3 is 10.2 Å². The van der Waals surface area contributed by atoms with Crippen molar-refractivity contribution < 1.29 is 15.0 Å². The summed E-state index contributed by atoms with van der Waals surface area (Å²) in [5, 5.41) is 20.4. The Morgan fingerprint density at radius 3 is 1.38 bits per heavy atom. The van der Waals surface area contributed by atoms with Crippen LogP contribution >= 0.6 is 0 Å². The fourth-order valence-corrected chi connectivity index (χ4v) is 0. The minimum atomic E-state index is -1.83. The van der Waals surface area contributed by atoms with Gasteiger partial charge in [0.25, 0.3) is 0 Å². The number of nitriles is 1. The van der Waals surface area contributed by atoms with Gasteiger partial charge in [-0.25, -0.2) is 10.1 Å². The summed E-state index contributed by atoms with van der Waals surface area (Å²) in [6.45, 7) is 3.50. The Labute approximate surface area is 112 Å². The average molecular weight is 153 g/mol. The van der Waals surface area contributed by atoms with Gasteiger partial charge in [-0.1, -0.05) is 0 Å². The van der Waals surface area contributed by atoms with Crippen LogP contribution < -0.4 is 0 Å². The van der Waals surface area contributed by atoms with E-state index in [-0.39, 0.29) is 80.9 Å². The molecule has 0 heterocycles. The molecule has 0 aliphatic rings. The van der Waals surface area contributed by atoms with Crippen molar-refractivity contribution in [1.29, 1.82) is 5.26 Å². The van der Waals surface area contributed by atoms with Gasteiger partial charge in [0.15, 0.2) is 0 Å². The molecule has 0 aromatic carbocycles. The van der Waals surface area contributed by atoms with Gasteiger partial charge in [-0.2, -0.15) is 0 Å². The first kappa shape index (κ1) is 22.7. The Bertz CT molecular complexity index is 61.5. The molecule has 0 aliphatic heterocycles. The summed E-state index contributed by atoms with van der Waals surface area (Å²) in [5.41, 5.74) is 0. The molecule has 0 bridgehead atoms. The molecule has 0 fully saturated rings. The molecule has 0 rings (SSSR count). The minimum absolute atomic E-state index is 0. The number of hydrogen-bond acceptors (Lipinski definition) is 2. The molecule has 4 nitrogen and oxygen atoms in total. The van der Waals surface area contributed by atoms with E-state index < -0.39 is 6.16 Å². The Morgan fingerprint density at radius 1 is 1.38 bits per heavy atom. The first-order valence-corrected chi connectivity index (χ1v) is 0.910. The molecule has 6 heteroatoms. The summed E-state index contributed by atoms with van der Waals surface area (Å²) in [6.07, 6.45) is -1.83. The van der Waals surface area contributed by atoms with E-state index in [0.29, 0.717) is 0 Å². The van der Waals surface area contributed by atoms with Crippen molar-refractivity contribution in [3.05, 3.63) is 0 Å². The zero-order chi connectivity index (χ0) is 5.58. The van der Waals surface area contributed by atoms with Gasteiger partial charge in [-0.15, -0.1) is 0 Å². The molecule has 0 aromatic rings. The molecule has 0 amide bonds. The van der Waals surface area contributed by atoms with E-state index in [1.54, 1.807) is 0 Å². The van der Waals surface area contributed by atoms with Crippen LogP contribution in [-0.4, -0.2) is 97.3 Å². The van der Waals surface area contributed by atoms with Crippen LogP contribution in [0.5, 0.6) is 0 Å². The van der Waals surface area contributed by atoms with Crippen molar-refractivity contribution in [3.63, 3.8) is 0 Å². The van der Waals surface area contributed by atoms with Crippen LogP contribution in [0.25, 0.3) is 0 Å². The Hall–Kier alpha value is 1.40. The fourth-order valence-electron chi connectivity index (χ4n) is 0. The third-order valence-electron chi connectivity index (χ3n) is 0. The predicted molar refractivity (Wildman–Crippen MR) is 31.6 cm³/mol. The number of hydrogen-bond donors (Lipinski definition) is 2. The van der Waals surface area contributed by atoms with Crippen LogP contribution in [0.15, 0.2) is 0 Å². The first-order valence-electron chi connectivity index (χ1n) is 0.910. The van der Waals surface area contributed by atoms with Gasteiger partial charge in [0.2, 0.25) is 0 Å². The molecular formula is C2H5KNNaO3. The zero-order valence-electron chi connectivity index (χ0n) is 2.83. The maximum atomic E-state index is 8.56. The molecular weight excluding hydrogens is 148 g/mol. The fraction of sp³-hybridized carbons (Fsp3) is 0. The second-order valence-corrected chi connectivity index (χ2v) is 0.283. The normalized spacial score (nSPS) is 3.25. The van der Waals surface area contributed by atoms with E-state index >= 15 is 0 Å². The molecule has 0 saturated carbocycles. The van der Waals surface area contributed by atoms with Crippen molar-refractivity contribution in [2.75, 3.05) is 0 Å². The summed E-state index contributed by atoms with van der Waals surface area (Å²) >= 11 is 0. The van der Waals surface area contributed by atoms with Crippen LogP contribution in [0.3, 0.4) is 0 Å². The SMILES string of the molecule is C#N.O=C(O)O.[KH].[NaH]. The number of carbonyl (C=O) groups is 1. The monoisotopic (exact) mass is 153 g/mol. The first-order chi connectivity index (χ1) is 2.73. The van der Waals surface area contributed by atoms with Gasteiger partial charge >= 0.3 is 87.1 Å². The van der Waals surface area contributed by atoms with Crippen LogP contribution in [0.4, 0.5) is 4.79 Å². The van der Waals surface area contributed by atoms with E-state index in [4.69, 9.17) is 20.3 Å². The van der Waals surface area contributed by atoms with Gasteiger partial charge in [0.1, 0.15) is 0 Å². The average Bonchev–Trinajstić information content (AvgIpc) is 1.41. The van der Waals surface area contributed by atoms with Crippen molar-refractivity contribution >= 4 is 87.1 Å². The summed E-state index contributed by atoms with van der Waals surface area (Å²) in [4.78, 5) is 8.56. The summed E-state index contributed by atoms with van der Waals surface area (Å²) in [6, 6.07) is 0. The summed E-state index contributed by atoms with van der Waals surface area (Å²) < 4.78 is 0. The number of nitrogens with zero attached hydrogens (tertiary/aromatic N) is 1. The number of rotatable bonds is 0. The van der Waals surface area contributed by atoms with E-state index in [1.807, 2.05) is 0 Å². The molecule has 0 aromatic heterocycles. The third kappa shape index (κ3) is 155. The van der Waals surface area contributed by atoms with Crippen LogP contribution in [-0.2, 0) is 0 Å². The molecule has 0 radical (unpaired) electrons. The molecule has 0 spiro atoms. The van der Waals surface area contributed by atoms with Crippen molar-refractivity contribution in [2.24, 2.45) is 0 Å². The van der Waals surface area contributed by atoms with Crippen molar-refractivity contribution in [3.8, 4) is 6.57 Å². The van der Waals surface area contributed by atoms with Crippen molar-refractivity contribution in [2.45, 2.75) is 0 Å². The maximum absolute atomic E-state index is 8.56. The van der Waals surface area contributed by atoms with E-state index in [2.05, 4.69) is 6.57 Å². The van der Waals surface area contributed by atoms with E-state index in [0.717, 1.165) is 0 Å². The number of carboxylic acid groups (broad SMARTS) is 2. The summed E-state index contributed by atoms with van der Waals surface area (Å²) in [7, 11) is 0. The predicted octanol–water partition coefficient (Wildman–Crippen LogP) is -0.935. The second-order valence-electron chi connectivity index (χ2n) is 0.283. The van der Waals surface area contributed by atoms with Crippen molar-refractivity contribution in [1.82, 2.24) is 0 Å². The second kappa shape index (κ2) is 23.8. The van der Waals surface area contributed by atoms with Crippen LogP contribution in [0.1, 0.15) is 0 Å². The Kier molecular flexibility index (Phi) is 67.6. The van der Waals surface area contributed by atoms with Gasteiger partial charge in [-0.05, 0) is 0 Å². The summed E-state index contributed by atoms with van der Waals surface area (Å²) in [5.74, 6) is 0. The Morgan fingerprint density at radius 2 is 1.38 bits per heavy atom. The van der Waals surface area contributed by atoms with Crippen LogP contribution in [0, 0.1) is 11.8 Å². The molecule has 0 saturated heterocycles. The Balaban J connectivity index is -0.0000000183. The van der Waals surface area contributed by atoms with E-state index in [9.17, 15) is 0 Å². The zero-order valence-corrected chi connectivity index (χ0v) is 2.83. The standard InChI is InChI=1S/CHN.CH2O3.K.Na.2H/c1-2;2-1(3)4;;;;/h1H;(H2,2,3,4);;;;. The molecule has 38 valence electrons. The molecule has 2 N–H and O–H groups in total. The topological polar surface area (TPSA) is 81.3 Å². The van der Waals surface area contributed by atoms with Gasteiger partial charge in [0, 0.05) is 6.57 Å². The molecule has 8 heavy (non-hydrogen) atoms. The van der Waals surface area contributed by atoms with E-state index in [1.165, 1.54) is 0 Å². The third-order valence-corrected chi connectivity index (χ3v) is 0. The molecule has 0 aliphatic carbocycles. The van der Waals surface area contributed by atoms with Gasteiger partial charge in [0.05, 0.1) is 0 Å².